The van der Waals surface area contributed by atoms with Crippen LogP contribution in [0.15, 0.2) is 0 Å². The molecule has 0 aromatic rings. The van der Waals surface area contributed by atoms with E-state index in [4.69, 9.17) is 9.84 Å². The molecule has 0 amide bonds. The van der Waals surface area contributed by atoms with Crippen molar-refractivity contribution >= 4 is 11.9 Å². The largest absolute Gasteiger partial charge is 0.481 e. The van der Waals surface area contributed by atoms with Gasteiger partial charge in [-0.2, -0.15) is 0 Å². The van der Waals surface area contributed by atoms with Crippen molar-refractivity contribution in [3.05, 3.63) is 0 Å². The first kappa shape index (κ1) is 18.9. The van der Waals surface area contributed by atoms with E-state index in [0.717, 1.165) is 64.5 Å². The van der Waals surface area contributed by atoms with E-state index in [1.165, 1.54) is 7.11 Å². The fourth-order valence-electron chi connectivity index (χ4n) is 3.30. The summed E-state index contributed by atoms with van der Waals surface area (Å²) >= 11 is 0. The summed E-state index contributed by atoms with van der Waals surface area (Å²) in [5, 5.41) is 8.59. The van der Waals surface area contributed by atoms with Crippen molar-refractivity contribution in [2.24, 2.45) is 11.8 Å². The number of nitrogens with zero attached hydrogens (tertiary/aromatic N) is 1. The zero-order valence-electron chi connectivity index (χ0n) is 14.1. The number of carbonyl (C=O) groups excluding carboxylic acids is 1. The maximum Gasteiger partial charge on any atom is 0.308 e. The van der Waals surface area contributed by atoms with Crippen molar-refractivity contribution in [3.63, 3.8) is 0 Å². The Hall–Kier alpha value is -1.10. The van der Waals surface area contributed by atoms with Gasteiger partial charge in [-0.3, -0.25) is 9.59 Å². The Kier molecular flexibility index (Phi) is 9.13. The SMILES string of the molecule is COC(=O)C(CCCCCCCC(=O)O)C1CCN(C)CC1. The summed E-state index contributed by atoms with van der Waals surface area (Å²) in [7, 11) is 3.61. The summed E-state index contributed by atoms with van der Waals surface area (Å²) in [5.74, 6) is -0.276. The molecule has 1 heterocycles. The molecule has 5 heteroatoms. The molecular formula is C17H31NO4. The minimum atomic E-state index is -0.715. The highest BCUT2D eigenvalue weighted by atomic mass is 16.5. The van der Waals surface area contributed by atoms with Crippen LogP contribution >= 0.6 is 0 Å². The predicted octanol–water partition coefficient (Wildman–Crippen LogP) is 2.93. The Bertz CT molecular complexity index is 338. The highest BCUT2D eigenvalue weighted by Crippen LogP contribution is 2.29. The minimum absolute atomic E-state index is 0.0396. The molecule has 1 aliphatic heterocycles. The van der Waals surface area contributed by atoms with Crippen LogP contribution < -0.4 is 0 Å². The molecule has 1 rings (SSSR count). The Balaban J connectivity index is 2.24. The molecule has 128 valence electrons. The lowest BCUT2D eigenvalue weighted by Crippen LogP contribution is -2.36. The highest BCUT2D eigenvalue weighted by molar-refractivity contribution is 5.72. The molecule has 0 aromatic heterocycles. The number of carbonyl (C=O) groups is 2. The van der Waals surface area contributed by atoms with Gasteiger partial charge in [-0.15, -0.1) is 0 Å². The molecule has 1 aliphatic rings. The van der Waals surface area contributed by atoms with Crippen molar-refractivity contribution in [1.29, 1.82) is 0 Å². The van der Waals surface area contributed by atoms with Gasteiger partial charge in [0.05, 0.1) is 13.0 Å². The van der Waals surface area contributed by atoms with Gasteiger partial charge >= 0.3 is 11.9 Å². The van der Waals surface area contributed by atoms with Crippen LogP contribution in [0.25, 0.3) is 0 Å². The number of hydrogen-bond acceptors (Lipinski definition) is 4. The van der Waals surface area contributed by atoms with Gasteiger partial charge in [-0.1, -0.05) is 25.7 Å². The average Bonchev–Trinajstić information content (AvgIpc) is 2.50. The predicted molar refractivity (Wildman–Crippen MR) is 85.7 cm³/mol. The zero-order valence-corrected chi connectivity index (χ0v) is 14.1. The van der Waals surface area contributed by atoms with Crippen LogP contribution in [0.4, 0.5) is 0 Å². The first-order valence-corrected chi connectivity index (χ1v) is 8.52. The van der Waals surface area contributed by atoms with E-state index in [2.05, 4.69) is 11.9 Å². The maximum absolute atomic E-state index is 12.0. The van der Waals surface area contributed by atoms with Crippen molar-refractivity contribution < 1.29 is 19.4 Å². The number of unbranched alkanes of at least 4 members (excludes halogenated alkanes) is 4. The molecule has 1 saturated heterocycles. The van der Waals surface area contributed by atoms with E-state index in [1.54, 1.807) is 0 Å². The molecule has 0 spiro atoms. The van der Waals surface area contributed by atoms with Crippen molar-refractivity contribution in [2.75, 3.05) is 27.2 Å². The molecule has 5 nitrogen and oxygen atoms in total. The molecular weight excluding hydrogens is 282 g/mol. The number of methoxy groups -OCH3 is 1. The molecule has 1 fully saturated rings. The summed E-state index contributed by atoms with van der Waals surface area (Å²) in [5.41, 5.74) is 0. The van der Waals surface area contributed by atoms with Crippen LogP contribution in [0.1, 0.15) is 57.8 Å². The van der Waals surface area contributed by atoms with E-state index < -0.39 is 5.97 Å². The second-order valence-electron chi connectivity index (χ2n) is 6.47. The normalized spacial score (nSPS) is 18.1. The second-order valence-corrected chi connectivity index (χ2v) is 6.47. The van der Waals surface area contributed by atoms with E-state index in [-0.39, 0.29) is 18.3 Å². The topological polar surface area (TPSA) is 66.8 Å². The third-order valence-corrected chi connectivity index (χ3v) is 4.74. The number of rotatable bonds is 10. The Labute approximate surface area is 134 Å². The molecule has 1 atom stereocenters. The van der Waals surface area contributed by atoms with E-state index >= 15 is 0 Å². The number of aliphatic carboxylic acids is 1. The summed E-state index contributed by atoms with van der Waals surface area (Å²) in [4.78, 5) is 24.8. The summed E-state index contributed by atoms with van der Waals surface area (Å²) in [6, 6.07) is 0. The van der Waals surface area contributed by atoms with Crippen LogP contribution in [-0.4, -0.2) is 49.2 Å². The van der Waals surface area contributed by atoms with Crippen molar-refractivity contribution in [1.82, 2.24) is 4.90 Å². The van der Waals surface area contributed by atoms with E-state index in [1.807, 2.05) is 0 Å². The Morgan fingerprint density at radius 2 is 1.73 bits per heavy atom. The average molecular weight is 313 g/mol. The van der Waals surface area contributed by atoms with Crippen LogP contribution in [0.3, 0.4) is 0 Å². The van der Waals surface area contributed by atoms with Crippen LogP contribution in [0, 0.1) is 11.8 Å². The van der Waals surface area contributed by atoms with E-state index in [9.17, 15) is 9.59 Å². The molecule has 0 bridgehead atoms. The second kappa shape index (κ2) is 10.6. The number of ether oxygens (including phenoxy) is 1. The van der Waals surface area contributed by atoms with E-state index in [0.29, 0.717) is 5.92 Å². The van der Waals surface area contributed by atoms with Gasteiger partial charge in [-0.25, -0.2) is 0 Å². The zero-order chi connectivity index (χ0) is 16.4. The number of carboxylic acid groups (broad SMARTS) is 1. The van der Waals surface area contributed by atoms with Gasteiger partial charge in [-0.05, 0) is 51.7 Å². The smallest absolute Gasteiger partial charge is 0.308 e. The minimum Gasteiger partial charge on any atom is -0.481 e. The van der Waals surface area contributed by atoms with Crippen LogP contribution in [-0.2, 0) is 14.3 Å². The Morgan fingerprint density at radius 3 is 2.32 bits per heavy atom. The standard InChI is InChI=1S/C17H31NO4/c1-18-12-10-14(11-13-18)15(17(21)22-2)8-6-4-3-5-7-9-16(19)20/h14-15H,3-13H2,1-2H3,(H,19,20). The summed E-state index contributed by atoms with van der Waals surface area (Å²) in [6.07, 6.45) is 8.19. The monoisotopic (exact) mass is 313 g/mol. The molecule has 1 N–H and O–H groups in total. The fourth-order valence-corrected chi connectivity index (χ4v) is 3.30. The molecule has 1 unspecified atom stereocenters. The van der Waals surface area contributed by atoms with Gasteiger partial charge in [0, 0.05) is 6.42 Å². The molecule has 22 heavy (non-hydrogen) atoms. The number of carboxylic acids is 1. The molecule has 0 aliphatic carbocycles. The van der Waals surface area contributed by atoms with Gasteiger partial charge in [0.2, 0.25) is 0 Å². The first-order chi connectivity index (χ1) is 10.5. The van der Waals surface area contributed by atoms with Gasteiger partial charge in [0.25, 0.3) is 0 Å². The third-order valence-electron chi connectivity index (χ3n) is 4.74. The van der Waals surface area contributed by atoms with Gasteiger partial charge in [0.15, 0.2) is 0 Å². The molecule has 0 saturated carbocycles. The quantitative estimate of drug-likeness (QED) is 0.496. The van der Waals surface area contributed by atoms with Gasteiger partial charge < -0.3 is 14.7 Å². The van der Waals surface area contributed by atoms with Crippen molar-refractivity contribution in [3.8, 4) is 0 Å². The molecule has 0 radical (unpaired) electrons. The van der Waals surface area contributed by atoms with Gasteiger partial charge in [0.1, 0.15) is 0 Å². The fraction of sp³-hybridized carbons (Fsp3) is 0.882. The summed E-state index contributed by atoms with van der Waals surface area (Å²) < 4.78 is 5.00. The lowest BCUT2D eigenvalue weighted by molar-refractivity contribution is -0.148. The van der Waals surface area contributed by atoms with Crippen LogP contribution in [0.5, 0.6) is 0 Å². The number of piperidine rings is 1. The number of hydrogen-bond donors (Lipinski definition) is 1. The lowest BCUT2D eigenvalue weighted by atomic mass is 9.81. The first-order valence-electron chi connectivity index (χ1n) is 8.52. The lowest BCUT2D eigenvalue weighted by Gasteiger charge is -2.33. The number of esters is 1. The maximum atomic E-state index is 12.0. The number of likely N-dealkylation sites (tertiary alicyclic amines) is 1. The highest BCUT2D eigenvalue weighted by Gasteiger charge is 2.30. The molecule has 0 aromatic carbocycles. The summed E-state index contributed by atoms with van der Waals surface area (Å²) in [6.45, 7) is 2.13. The van der Waals surface area contributed by atoms with Crippen molar-refractivity contribution in [2.45, 2.75) is 57.8 Å². The third kappa shape index (κ3) is 7.25. The Morgan fingerprint density at radius 1 is 1.14 bits per heavy atom. The van der Waals surface area contributed by atoms with Crippen LogP contribution in [0.2, 0.25) is 0 Å².